The molecule has 8 nitrogen and oxygen atoms in total. The van der Waals surface area contributed by atoms with Crippen molar-refractivity contribution in [1.29, 1.82) is 0 Å². The van der Waals surface area contributed by atoms with Gasteiger partial charge in [-0.3, -0.25) is 9.59 Å². The predicted molar refractivity (Wildman–Crippen MR) is 111 cm³/mol. The van der Waals surface area contributed by atoms with Gasteiger partial charge in [-0.15, -0.1) is 10.2 Å². The Kier molecular flexibility index (Phi) is 6.91. The number of carbonyl (C=O) groups is 2. The van der Waals surface area contributed by atoms with Crippen molar-refractivity contribution >= 4 is 40.9 Å². The maximum absolute atomic E-state index is 13.2. The molecule has 0 saturated heterocycles. The number of hydrogen-bond donors (Lipinski definition) is 2. The number of thioether (sulfide) groups is 1. The molecule has 3 rings (SSSR count). The fraction of sp³-hybridized carbons (Fsp3) is 0.158. The van der Waals surface area contributed by atoms with Crippen molar-refractivity contribution in [2.75, 3.05) is 11.1 Å². The zero-order chi connectivity index (χ0) is 21.7. The third-order valence-corrected chi connectivity index (χ3v) is 5.29. The van der Waals surface area contributed by atoms with Crippen LogP contribution >= 0.6 is 23.4 Å². The lowest BCUT2D eigenvalue weighted by atomic mass is 10.1. The molecule has 0 fully saturated rings. The number of nitrogens with one attached hydrogen (secondary N) is 1. The molecule has 11 heteroatoms. The molecule has 3 N–H and O–H groups in total. The van der Waals surface area contributed by atoms with Crippen LogP contribution in [0.4, 0.5) is 10.1 Å². The van der Waals surface area contributed by atoms with Gasteiger partial charge in [0.25, 0.3) is 5.91 Å². The van der Waals surface area contributed by atoms with Gasteiger partial charge in [0.15, 0.2) is 11.0 Å². The van der Waals surface area contributed by atoms with E-state index >= 15 is 0 Å². The van der Waals surface area contributed by atoms with Gasteiger partial charge in [-0.2, -0.15) is 0 Å². The van der Waals surface area contributed by atoms with Crippen molar-refractivity contribution < 1.29 is 18.7 Å². The van der Waals surface area contributed by atoms with E-state index in [9.17, 15) is 14.0 Å². The number of aromatic nitrogens is 3. The Morgan fingerprint density at radius 3 is 2.77 bits per heavy atom. The summed E-state index contributed by atoms with van der Waals surface area (Å²) in [5.74, 6) is -0.524. The second-order valence-corrected chi connectivity index (χ2v) is 7.42. The first kappa shape index (κ1) is 21.6. The standard InChI is InChI=1S/C19H17ClFN5O3S/c1-26-16(9-29-11-6-7-14(21)13(20)8-11)24-25-19(26)30-10-17(27)23-15-5-3-2-4-12(15)18(22)28/h2-8H,9-10H2,1H3,(H2,22,28)(H,23,27). The van der Waals surface area contributed by atoms with Gasteiger partial charge in [0.05, 0.1) is 22.0 Å². The van der Waals surface area contributed by atoms with Crippen LogP contribution in [-0.4, -0.2) is 32.3 Å². The van der Waals surface area contributed by atoms with E-state index in [2.05, 4.69) is 15.5 Å². The highest BCUT2D eigenvalue weighted by atomic mass is 35.5. The molecular weight excluding hydrogens is 433 g/mol. The molecule has 30 heavy (non-hydrogen) atoms. The molecule has 0 aliphatic carbocycles. The fourth-order valence-corrected chi connectivity index (χ4v) is 3.33. The first-order valence-corrected chi connectivity index (χ1v) is 9.99. The van der Waals surface area contributed by atoms with E-state index in [1.807, 2.05) is 0 Å². The van der Waals surface area contributed by atoms with Crippen molar-refractivity contribution in [3.63, 3.8) is 0 Å². The highest BCUT2D eigenvalue weighted by Crippen LogP contribution is 2.23. The minimum absolute atomic E-state index is 0.0365. The number of anilines is 1. The topological polar surface area (TPSA) is 112 Å². The van der Waals surface area contributed by atoms with Crippen molar-refractivity contribution in [3.8, 4) is 5.75 Å². The fourth-order valence-electron chi connectivity index (χ4n) is 2.43. The van der Waals surface area contributed by atoms with Crippen LogP contribution in [0.1, 0.15) is 16.2 Å². The average Bonchev–Trinajstić information content (AvgIpc) is 3.07. The van der Waals surface area contributed by atoms with Gasteiger partial charge in [0.2, 0.25) is 5.91 Å². The summed E-state index contributed by atoms with van der Waals surface area (Å²) >= 11 is 6.90. The molecule has 0 radical (unpaired) electrons. The summed E-state index contributed by atoms with van der Waals surface area (Å²) in [5.41, 5.74) is 5.89. The molecule has 0 atom stereocenters. The Bertz CT molecular complexity index is 1090. The summed E-state index contributed by atoms with van der Waals surface area (Å²) in [6, 6.07) is 10.5. The lowest BCUT2D eigenvalue weighted by molar-refractivity contribution is -0.113. The number of nitrogens with zero attached hydrogens (tertiary/aromatic N) is 3. The molecule has 1 aromatic heterocycles. The molecule has 156 valence electrons. The summed E-state index contributed by atoms with van der Waals surface area (Å²) in [6.07, 6.45) is 0. The number of carbonyl (C=O) groups excluding carboxylic acids is 2. The Hall–Kier alpha value is -3.11. The van der Waals surface area contributed by atoms with E-state index in [0.717, 1.165) is 0 Å². The van der Waals surface area contributed by atoms with E-state index in [1.165, 1.54) is 36.0 Å². The Morgan fingerprint density at radius 2 is 2.03 bits per heavy atom. The maximum atomic E-state index is 13.2. The van der Waals surface area contributed by atoms with Gasteiger partial charge in [-0.05, 0) is 24.3 Å². The summed E-state index contributed by atoms with van der Waals surface area (Å²) in [7, 11) is 1.74. The monoisotopic (exact) mass is 449 g/mol. The van der Waals surface area contributed by atoms with Gasteiger partial charge < -0.3 is 20.4 Å². The lowest BCUT2D eigenvalue weighted by Gasteiger charge is -2.09. The number of amides is 2. The third kappa shape index (κ3) is 5.28. The number of rotatable bonds is 8. The lowest BCUT2D eigenvalue weighted by Crippen LogP contribution is -2.19. The van der Waals surface area contributed by atoms with Gasteiger partial charge in [0.1, 0.15) is 18.2 Å². The second-order valence-electron chi connectivity index (χ2n) is 6.07. The Balaban J connectivity index is 1.56. The molecule has 0 saturated carbocycles. The zero-order valence-electron chi connectivity index (χ0n) is 15.8. The molecule has 0 aliphatic heterocycles. The van der Waals surface area contributed by atoms with Gasteiger partial charge in [-0.25, -0.2) is 4.39 Å². The molecular formula is C19H17ClFN5O3S. The van der Waals surface area contributed by atoms with Crippen LogP contribution in [0, 0.1) is 5.82 Å². The van der Waals surface area contributed by atoms with Crippen molar-refractivity contribution in [2.45, 2.75) is 11.8 Å². The van der Waals surface area contributed by atoms with Crippen molar-refractivity contribution in [2.24, 2.45) is 12.8 Å². The van der Waals surface area contributed by atoms with E-state index in [0.29, 0.717) is 22.4 Å². The van der Waals surface area contributed by atoms with Crippen LogP contribution in [0.3, 0.4) is 0 Å². The van der Waals surface area contributed by atoms with Crippen LogP contribution in [0.15, 0.2) is 47.6 Å². The van der Waals surface area contributed by atoms with E-state index in [1.54, 1.807) is 29.8 Å². The summed E-state index contributed by atoms with van der Waals surface area (Å²) < 4.78 is 20.4. The quantitative estimate of drug-likeness (QED) is 0.511. The van der Waals surface area contributed by atoms with Crippen LogP contribution in [0.2, 0.25) is 5.02 Å². The minimum atomic E-state index is -0.626. The molecule has 2 aromatic carbocycles. The maximum Gasteiger partial charge on any atom is 0.250 e. The summed E-state index contributed by atoms with van der Waals surface area (Å²) in [5, 5.41) is 11.2. The van der Waals surface area contributed by atoms with Gasteiger partial charge in [0, 0.05) is 13.1 Å². The van der Waals surface area contributed by atoms with E-state index in [-0.39, 0.29) is 28.9 Å². The SMILES string of the molecule is Cn1c(COc2ccc(F)c(Cl)c2)nnc1SCC(=O)Nc1ccccc1C(N)=O. The molecule has 3 aromatic rings. The van der Waals surface area contributed by atoms with Crippen molar-refractivity contribution in [3.05, 3.63) is 64.7 Å². The Morgan fingerprint density at radius 1 is 1.27 bits per heavy atom. The first-order valence-electron chi connectivity index (χ1n) is 8.62. The number of nitrogens with two attached hydrogens (primary N) is 1. The summed E-state index contributed by atoms with van der Waals surface area (Å²) in [4.78, 5) is 23.7. The van der Waals surface area contributed by atoms with Gasteiger partial charge >= 0.3 is 0 Å². The van der Waals surface area contributed by atoms with E-state index in [4.69, 9.17) is 22.1 Å². The molecule has 1 heterocycles. The predicted octanol–water partition coefficient (Wildman–Crippen LogP) is 3.02. The number of para-hydroxylation sites is 1. The molecule has 0 aliphatic rings. The number of primary amides is 1. The van der Waals surface area contributed by atoms with E-state index < -0.39 is 11.7 Å². The van der Waals surface area contributed by atoms with Crippen LogP contribution in [0.25, 0.3) is 0 Å². The number of halogens is 2. The molecule has 2 amide bonds. The van der Waals surface area contributed by atoms with Crippen LogP contribution in [0.5, 0.6) is 5.75 Å². The number of hydrogen-bond acceptors (Lipinski definition) is 6. The zero-order valence-corrected chi connectivity index (χ0v) is 17.3. The van der Waals surface area contributed by atoms with Crippen molar-refractivity contribution in [1.82, 2.24) is 14.8 Å². The second kappa shape index (κ2) is 9.59. The molecule has 0 unspecified atom stereocenters. The largest absolute Gasteiger partial charge is 0.486 e. The normalized spacial score (nSPS) is 10.6. The summed E-state index contributed by atoms with van der Waals surface area (Å²) in [6.45, 7) is 0.0875. The van der Waals surface area contributed by atoms with Crippen LogP contribution < -0.4 is 15.8 Å². The highest BCUT2D eigenvalue weighted by Gasteiger charge is 2.14. The van der Waals surface area contributed by atoms with Crippen LogP contribution in [-0.2, 0) is 18.4 Å². The highest BCUT2D eigenvalue weighted by molar-refractivity contribution is 7.99. The number of ether oxygens (including phenoxy) is 1. The first-order chi connectivity index (χ1) is 14.3. The minimum Gasteiger partial charge on any atom is -0.486 e. The smallest absolute Gasteiger partial charge is 0.250 e. The third-order valence-electron chi connectivity index (χ3n) is 3.98. The average molecular weight is 450 g/mol. The Labute approximate surface area is 180 Å². The molecule has 0 spiro atoms. The number of benzene rings is 2. The van der Waals surface area contributed by atoms with Gasteiger partial charge in [-0.1, -0.05) is 35.5 Å². The molecule has 0 bridgehead atoms.